The molecule has 39 heavy (non-hydrogen) atoms. The van der Waals surface area contributed by atoms with Crippen LogP contribution in [0.3, 0.4) is 0 Å². The third-order valence-electron chi connectivity index (χ3n) is 5.29. The van der Waals surface area contributed by atoms with Gasteiger partial charge < -0.3 is 36.1 Å². The zero-order chi connectivity index (χ0) is 27.6. The number of carboxylic acids is 1. The first kappa shape index (κ1) is 29.8. The van der Waals surface area contributed by atoms with E-state index in [1.165, 1.54) is 5.38 Å². The van der Waals surface area contributed by atoms with Crippen LogP contribution in [0, 0.1) is 0 Å². The summed E-state index contributed by atoms with van der Waals surface area (Å²) in [6.45, 7) is -0.757. The van der Waals surface area contributed by atoms with Crippen molar-refractivity contribution in [1.29, 1.82) is 0 Å². The molecule has 2 aliphatic rings. The minimum absolute atomic E-state index is 0. The number of azide groups is 1. The van der Waals surface area contributed by atoms with Crippen LogP contribution in [-0.2, 0) is 25.8 Å². The maximum Gasteiger partial charge on any atom is 1.00 e. The SMILES string of the molecule is [N-]=[N+]=NCC1=C(C(=O)[O-])N2C(=O)[C@@H](NC(=O)/C(=N/OCc3cc(=O)c(O)cn3O)c3csc(N)n3)[C@H]2SC1.[Na+]. The Balaban J connectivity index is 0.00000420. The number of oxime groups is 1. The number of aromatic nitrogens is 2. The number of β-lactam (4-membered cyclic amide) rings is 1. The van der Waals surface area contributed by atoms with Gasteiger partial charge in [0.15, 0.2) is 23.2 Å². The van der Waals surface area contributed by atoms with Crippen LogP contribution in [-0.4, -0.2) is 72.1 Å². The number of nitrogens with two attached hydrogens (primary N) is 1. The van der Waals surface area contributed by atoms with E-state index in [2.05, 4.69) is 25.5 Å². The molecule has 0 aliphatic carbocycles. The van der Waals surface area contributed by atoms with E-state index < -0.39 is 58.4 Å². The number of nitrogens with zero attached hydrogens (tertiary/aromatic N) is 7. The number of hydrogen-bond acceptors (Lipinski definition) is 14. The molecule has 1 fully saturated rings. The van der Waals surface area contributed by atoms with Crippen molar-refractivity contribution in [3.8, 4) is 5.75 Å². The number of aliphatic carboxylic acids is 1. The number of carbonyl (C=O) groups excluding carboxylic acids is 3. The number of anilines is 1. The zero-order valence-electron chi connectivity index (χ0n) is 19.9. The number of carbonyl (C=O) groups is 3. The summed E-state index contributed by atoms with van der Waals surface area (Å²) in [6, 6.07) is -0.241. The van der Waals surface area contributed by atoms with Crippen molar-refractivity contribution >= 4 is 51.7 Å². The van der Waals surface area contributed by atoms with Crippen molar-refractivity contribution in [1.82, 2.24) is 19.9 Å². The van der Waals surface area contributed by atoms with Gasteiger partial charge in [-0.15, -0.1) is 23.1 Å². The van der Waals surface area contributed by atoms with Gasteiger partial charge in [0.2, 0.25) is 5.43 Å². The third kappa shape index (κ3) is 6.13. The standard InChI is InChI=1S/C19H17N9O8S2.Na/c20-19-23-9(6-38-19)12(25-36-4-8-1-10(29)11(30)3-27(8)35)15(31)24-13-16(32)28-14(18(33)34)7(2-22-26-21)5-37-17(13)28;/h1,3,6,13,17,30,35H,2,4-5H2,(H2,20,23)(H,24,31)(H,33,34);/q;+1/p-1/b25-12+;/t13-,17-;/m1./s1. The molecule has 2 aromatic rings. The first-order chi connectivity index (χ1) is 18.1. The van der Waals surface area contributed by atoms with E-state index in [0.717, 1.165) is 40.3 Å². The summed E-state index contributed by atoms with van der Waals surface area (Å²) in [7, 11) is 0. The molecule has 198 valence electrons. The fraction of sp³-hybridized carbons (Fsp3) is 0.263. The molecular weight excluding hydrogens is 569 g/mol. The van der Waals surface area contributed by atoms with Gasteiger partial charge in [-0.2, -0.15) is 4.73 Å². The summed E-state index contributed by atoms with van der Waals surface area (Å²) in [5, 5.41) is 41.1. The molecule has 1 saturated heterocycles. The van der Waals surface area contributed by atoms with Gasteiger partial charge in [0, 0.05) is 22.1 Å². The molecule has 2 amide bonds. The summed E-state index contributed by atoms with van der Waals surface area (Å²) in [5.41, 5.74) is 12.7. The monoisotopic (exact) mass is 585 g/mol. The number of nitrogen functional groups attached to an aromatic ring is 1. The Morgan fingerprint density at radius 3 is 2.79 bits per heavy atom. The van der Waals surface area contributed by atoms with E-state index in [1.807, 2.05) is 0 Å². The van der Waals surface area contributed by atoms with E-state index in [0.29, 0.717) is 4.73 Å². The Morgan fingerprint density at radius 1 is 1.41 bits per heavy atom. The number of aromatic hydroxyl groups is 1. The second kappa shape index (κ2) is 12.4. The number of thioether (sulfide) groups is 1. The molecule has 0 aromatic carbocycles. The molecule has 4 heterocycles. The van der Waals surface area contributed by atoms with Gasteiger partial charge in [-0.25, -0.2) is 4.98 Å². The Bertz CT molecular complexity index is 1500. The van der Waals surface area contributed by atoms with Gasteiger partial charge >= 0.3 is 29.6 Å². The number of carboxylic acid groups (broad SMARTS) is 1. The summed E-state index contributed by atoms with van der Waals surface area (Å²) < 4.78 is 0.438. The molecule has 2 atom stereocenters. The number of rotatable bonds is 9. The molecule has 4 rings (SSSR count). The summed E-state index contributed by atoms with van der Waals surface area (Å²) in [6.07, 6.45) is 0.753. The predicted octanol–water partition coefficient (Wildman–Crippen LogP) is -4.53. The van der Waals surface area contributed by atoms with Crippen LogP contribution in [0.1, 0.15) is 11.4 Å². The average molecular weight is 586 g/mol. The normalized spacial score (nSPS) is 18.3. The van der Waals surface area contributed by atoms with Crippen LogP contribution in [0.2, 0.25) is 0 Å². The molecule has 0 unspecified atom stereocenters. The van der Waals surface area contributed by atoms with Crippen LogP contribution >= 0.6 is 23.1 Å². The molecule has 2 aliphatic heterocycles. The van der Waals surface area contributed by atoms with Crippen LogP contribution in [0.4, 0.5) is 5.13 Å². The minimum Gasteiger partial charge on any atom is -0.543 e. The zero-order valence-corrected chi connectivity index (χ0v) is 23.5. The number of thiazole rings is 1. The molecule has 0 spiro atoms. The summed E-state index contributed by atoms with van der Waals surface area (Å²) in [4.78, 5) is 61.8. The molecule has 0 radical (unpaired) electrons. The second-order valence-corrected chi connectivity index (χ2v) is 9.63. The molecule has 0 saturated carbocycles. The van der Waals surface area contributed by atoms with Gasteiger partial charge in [0.25, 0.3) is 11.8 Å². The summed E-state index contributed by atoms with van der Waals surface area (Å²) >= 11 is 2.15. The van der Waals surface area contributed by atoms with E-state index in [-0.39, 0.29) is 63.9 Å². The fourth-order valence-electron chi connectivity index (χ4n) is 3.55. The minimum atomic E-state index is -1.62. The first-order valence-electron chi connectivity index (χ1n) is 10.4. The van der Waals surface area contributed by atoms with Gasteiger partial charge in [0.05, 0.1) is 24.4 Å². The van der Waals surface area contributed by atoms with Crippen LogP contribution < -0.4 is 51.1 Å². The van der Waals surface area contributed by atoms with Gasteiger partial charge in [-0.05, 0) is 11.1 Å². The molecule has 0 bridgehead atoms. The molecule has 20 heteroatoms. The van der Waals surface area contributed by atoms with Crippen molar-refractivity contribution in [2.24, 2.45) is 10.3 Å². The van der Waals surface area contributed by atoms with Crippen LogP contribution in [0.15, 0.2) is 44.0 Å². The van der Waals surface area contributed by atoms with Crippen molar-refractivity contribution < 1.29 is 64.2 Å². The fourth-order valence-corrected chi connectivity index (χ4v) is 5.43. The number of hydrogen-bond donors (Lipinski definition) is 4. The summed E-state index contributed by atoms with van der Waals surface area (Å²) in [5.74, 6) is -3.84. The van der Waals surface area contributed by atoms with Gasteiger partial charge in [-0.1, -0.05) is 10.3 Å². The largest absolute Gasteiger partial charge is 1.00 e. The van der Waals surface area contributed by atoms with E-state index in [9.17, 15) is 34.6 Å². The van der Waals surface area contributed by atoms with Crippen molar-refractivity contribution in [2.45, 2.75) is 18.0 Å². The number of amides is 2. The second-order valence-electron chi connectivity index (χ2n) is 7.63. The van der Waals surface area contributed by atoms with E-state index in [4.69, 9.17) is 16.1 Å². The quantitative estimate of drug-likeness (QED) is 0.0318. The Morgan fingerprint density at radius 2 is 2.15 bits per heavy atom. The molecule has 2 aromatic heterocycles. The van der Waals surface area contributed by atoms with Gasteiger partial charge in [-0.3, -0.25) is 19.3 Å². The van der Waals surface area contributed by atoms with Crippen molar-refractivity contribution in [2.75, 3.05) is 18.0 Å². The predicted molar refractivity (Wildman–Crippen MR) is 128 cm³/mol. The van der Waals surface area contributed by atoms with E-state index in [1.54, 1.807) is 0 Å². The Labute approximate surface area is 247 Å². The number of nitrogens with one attached hydrogen (secondary N) is 1. The molecule has 5 N–H and O–H groups in total. The Kier molecular flexibility index (Phi) is 9.49. The molecular formula is C19H16N9NaO8S2. The van der Waals surface area contributed by atoms with Crippen LogP contribution in [0.5, 0.6) is 5.75 Å². The number of pyridine rings is 1. The third-order valence-corrected chi connectivity index (χ3v) is 7.30. The van der Waals surface area contributed by atoms with Crippen LogP contribution in [0.25, 0.3) is 10.4 Å². The van der Waals surface area contributed by atoms with E-state index >= 15 is 0 Å². The number of fused-ring (bicyclic) bond motifs is 1. The topological polar surface area (TPSA) is 261 Å². The smallest absolute Gasteiger partial charge is 0.543 e. The average Bonchev–Trinajstić information content (AvgIpc) is 3.31. The van der Waals surface area contributed by atoms with Gasteiger partial charge in [0.1, 0.15) is 22.8 Å². The molecule has 17 nitrogen and oxygen atoms in total. The maximum absolute atomic E-state index is 13.1. The maximum atomic E-state index is 13.1. The Hall–Kier alpha value is -3.74. The first-order valence-corrected chi connectivity index (χ1v) is 12.3. The van der Waals surface area contributed by atoms with Crippen molar-refractivity contribution in [3.63, 3.8) is 0 Å². The van der Waals surface area contributed by atoms with Crippen molar-refractivity contribution in [3.05, 3.63) is 61.0 Å².